The van der Waals surface area contributed by atoms with Crippen molar-refractivity contribution in [2.45, 2.75) is 25.2 Å². The Morgan fingerprint density at radius 2 is 1.93 bits per heavy atom. The van der Waals surface area contributed by atoms with Crippen molar-refractivity contribution in [3.63, 3.8) is 0 Å². The van der Waals surface area contributed by atoms with Gasteiger partial charge in [-0.05, 0) is 55.3 Å². The molecule has 0 aliphatic heterocycles. The molecule has 28 heavy (non-hydrogen) atoms. The second-order valence-electron chi connectivity index (χ2n) is 6.32. The van der Waals surface area contributed by atoms with E-state index in [2.05, 4.69) is 20.6 Å². The number of rotatable bonds is 7. The Morgan fingerprint density at radius 3 is 2.57 bits per heavy atom. The highest BCUT2D eigenvalue weighted by Gasteiger charge is 2.09. The molecule has 1 aromatic heterocycles. The molecule has 0 spiro atoms. The number of hydrogen-bond acceptors (Lipinski definition) is 6. The van der Waals surface area contributed by atoms with E-state index in [1.54, 1.807) is 43.5 Å². The quantitative estimate of drug-likeness (QED) is 0.445. The van der Waals surface area contributed by atoms with E-state index in [0.29, 0.717) is 35.2 Å². The van der Waals surface area contributed by atoms with Gasteiger partial charge in [-0.15, -0.1) is 0 Å². The van der Waals surface area contributed by atoms with Crippen molar-refractivity contribution in [3.05, 3.63) is 71.2 Å². The topological polar surface area (TPSA) is 90.8 Å². The summed E-state index contributed by atoms with van der Waals surface area (Å²) in [4.78, 5) is 9.40. The van der Waals surface area contributed by atoms with Crippen LogP contribution in [0.2, 0.25) is 0 Å². The molecule has 0 bridgehead atoms. The average molecular weight is 399 g/mol. The minimum Gasteiger partial charge on any atom is -0.370 e. The first-order valence-electron chi connectivity index (χ1n) is 8.86. The van der Waals surface area contributed by atoms with Gasteiger partial charge in [-0.2, -0.15) is 4.98 Å². The first kappa shape index (κ1) is 19.8. The molecule has 2 aromatic carbocycles. The zero-order valence-corrected chi connectivity index (χ0v) is 16.6. The molecule has 3 aromatic rings. The molecule has 0 fully saturated rings. The Balaban J connectivity index is 1.82. The van der Waals surface area contributed by atoms with Gasteiger partial charge in [-0.3, -0.25) is 4.78 Å². The first-order valence-corrected chi connectivity index (χ1v) is 10.1. The third kappa shape index (κ3) is 4.83. The van der Waals surface area contributed by atoms with Gasteiger partial charge >= 0.3 is 0 Å². The monoisotopic (exact) mass is 399 g/mol. The van der Waals surface area contributed by atoms with Crippen molar-refractivity contribution < 1.29 is 8.60 Å². The minimum atomic E-state index is -2.10. The predicted octanol–water partition coefficient (Wildman–Crippen LogP) is 4.29. The number of nitrogens with zero attached hydrogens (tertiary/aromatic N) is 2. The molecule has 0 aliphatic carbocycles. The molecule has 1 unspecified atom stereocenters. The minimum absolute atomic E-state index is 0.215. The fourth-order valence-electron chi connectivity index (χ4n) is 2.76. The van der Waals surface area contributed by atoms with Crippen LogP contribution in [0.3, 0.4) is 0 Å². The van der Waals surface area contributed by atoms with Crippen LogP contribution < -0.4 is 10.6 Å². The summed E-state index contributed by atoms with van der Waals surface area (Å²) in [6.45, 7) is 4.44. The van der Waals surface area contributed by atoms with Gasteiger partial charge in [0.05, 0.1) is 10.6 Å². The molecule has 1 heterocycles. The fourth-order valence-corrected chi connectivity index (χ4v) is 3.18. The van der Waals surface area contributed by atoms with Crippen LogP contribution in [-0.2, 0) is 17.0 Å². The lowest BCUT2D eigenvalue weighted by Gasteiger charge is -2.13. The van der Waals surface area contributed by atoms with Crippen LogP contribution in [-0.4, -0.2) is 20.7 Å². The highest BCUT2D eigenvalue weighted by molar-refractivity contribution is 7.73. The lowest BCUT2D eigenvalue weighted by molar-refractivity contribution is 0.618. The van der Waals surface area contributed by atoms with Crippen molar-refractivity contribution in [3.8, 4) is 0 Å². The van der Waals surface area contributed by atoms with Gasteiger partial charge in [0.25, 0.3) is 0 Å². The number of benzene rings is 2. The van der Waals surface area contributed by atoms with E-state index in [-0.39, 0.29) is 5.82 Å². The van der Waals surface area contributed by atoms with E-state index in [9.17, 15) is 8.60 Å². The van der Waals surface area contributed by atoms with Gasteiger partial charge in [-0.1, -0.05) is 12.1 Å². The Hall–Kier alpha value is -3.00. The summed E-state index contributed by atoms with van der Waals surface area (Å²) >= 11 is 0. The largest absolute Gasteiger partial charge is 0.370 e. The summed E-state index contributed by atoms with van der Waals surface area (Å²) in [6, 6.07) is 11.8. The molecule has 3 N–H and O–H groups in total. The molecule has 8 heteroatoms. The number of aromatic nitrogens is 2. The maximum Gasteiger partial charge on any atom is 0.229 e. The number of aryl methyl sites for hydroxylation is 1. The number of halogens is 1. The van der Waals surface area contributed by atoms with Crippen LogP contribution in [0.4, 0.5) is 21.8 Å². The lowest BCUT2D eigenvalue weighted by Crippen LogP contribution is -2.08. The molecule has 0 aliphatic rings. The summed E-state index contributed by atoms with van der Waals surface area (Å²) in [6.07, 6.45) is 2.34. The van der Waals surface area contributed by atoms with Gasteiger partial charge in [0, 0.05) is 35.3 Å². The van der Waals surface area contributed by atoms with Crippen molar-refractivity contribution in [2.24, 2.45) is 0 Å². The second-order valence-corrected chi connectivity index (χ2v) is 7.43. The zero-order valence-electron chi connectivity index (χ0n) is 15.7. The van der Waals surface area contributed by atoms with Crippen molar-refractivity contribution in [2.75, 3.05) is 17.2 Å². The molecule has 0 radical (unpaired) electrons. The highest BCUT2D eigenvalue weighted by atomic mass is 32.2. The Kier molecular flexibility index (Phi) is 6.20. The summed E-state index contributed by atoms with van der Waals surface area (Å²) in [5.41, 5.74) is 3.26. The van der Waals surface area contributed by atoms with Gasteiger partial charge in [0.1, 0.15) is 11.6 Å². The zero-order chi connectivity index (χ0) is 20.1. The maximum absolute atomic E-state index is 13.5. The third-order valence-corrected chi connectivity index (χ3v) is 4.95. The molecule has 0 saturated carbocycles. The van der Waals surface area contributed by atoms with E-state index in [1.165, 1.54) is 6.07 Å². The number of nitrogens with one attached hydrogen (secondary N) is 3. The Bertz CT molecular complexity index is 1040. The molecule has 146 valence electrons. The molecule has 0 amide bonds. The van der Waals surface area contributed by atoms with E-state index < -0.39 is 10.6 Å². The molecule has 1 atom stereocenters. The average Bonchev–Trinajstić information content (AvgIpc) is 2.67. The standard InChI is InChI=1S/C20H22FN5OS/c1-3-23-19-15(11-14-4-9-18(21)13(2)10-14)12-24-20(26-19)25-16-5-7-17(8-6-16)28(22)27/h4-10,12,22,28H,3,11H2,1-2H3,(H2,23,24,25,26). The Morgan fingerprint density at radius 1 is 1.18 bits per heavy atom. The molecule has 6 nitrogen and oxygen atoms in total. The number of anilines is 3. The lowest BCUT2D eigenvalue weighted by atomic mass is 10.0. The summed E-state index contributed by atoms with van der Waals surface area (Å²) in [5.74, 6) is 0.929. The van der Waals surface area contributed by atoms with Crippen LogP contribution in [0.25, 0.3) is 0 Å². The van der Waals surface area contributed by atoms with Crippen LogP contribution in [0.5, 0.6) is 0 Å². The van der Waals surface area contributed by atoms with Gasteiger partial charge in [0.2, 0.25) is 5.95 Å². The summed E-state index contributed by atoms with van der Waals surface area (Å²) < 4.78 is 32.0. The molecular weight excluding hydrogens is 377 g/mol. The molecule has 0 saturated heterocycles. The van der Waals surface area contributed by atoms with Crippen LogP contribution in [0.15, 0.2) is 53.6 Å². The fraction of sp³-hybridized carbons (Fsp3) is 0.200. The maximum atomic E-state index is 13.5. The van der Waals surface area contributed by atoms with Gasteiger partial charge in [0.15, 0.2) is 0 Å². The van der Waals surface area contributed by atoms with E-state index >= 15 is 0 Å². The van der Waals surface area contributed by atoms with Crippen molar-refractivity contribution in [1.29, 1.82) is 4.78 Å². The molecule has 3 rings (SSSR count). The van der Waals surface area contributed by atoms with Crippen molar-refractivity contribution in [1.82, 2.24) is 9.97 Å². The smallest absolute Gasteiger partial charge is 0.229 e. The normalized spacial score (nSPS) is 11.8. The first-order chi connectivity index (χ1) is 13.5. The number of hydrogen-bond donors (Lipinski definition) is 4. The van der Waals surface area contributed by atoms with Gasteiger partial charge < -0.3 is 10.6 Å². The Labute approximate surface area is 165 Å². The van der Waals surface area contributed by atoms with E-state index in [0.717, 1.165) is 16.8 Å². The SMILES string of the molecule is CCNc1nc(Nc2ccc([SH](=N)=O)cc2)ncc1Cc1ccc(F)c(C)c1. The predicted molar refractivity (Wildman–Crippen MR) is 110 cm³/mol. The third-order valence-electron chi connectivity index (χ3n) is 4.18. The van der Waals surface area contributed by atoms with E-state index in [1.807, 2.05) is 13.0 Å². The van der Waals surface area contributed by atoms with Crippen LogP contribution >= 0.6 is 0 Å². The molecular formula is C20H22FN5OS. The second kappa shape index (κ2) is 8.79. The summed E-state index contributed by atoms with van der Waals surface area (Å²) in [7, 11) is -2.10. The van der Waals surface area contributed by atoms with Crippen LogP contribution in [0, 0.1) is 17.5 Å². The van der Waals surface area contributed by atoms with Gasteiger partial charge in [-0.25, -0.2) is 13.6 Å². The summed E-state index contributed by atoms with van der Waals surface area (Å²) in [5, 5.41) is 6.35. The highest BCUT2D eigenvalue weighted by Crippen LogP contribution is 2.21. The van der Waals surface area contributed by atoms with Crippen LogP contribution in [0.1, 0.15) is 23.6 Å². The number of thiol groups is 1. The van der Waals surface area contributed by atoms with E-state index in [4.69, 9.17) is 4.78 Å². The van der Waals surface area contributed by atoms with Crippen molar-refractivity contribution >= 4 is 28.0 Å².